The number of piperidine rings is 1. The molecule has 3 N–H and O–H groups in total. The summed E-state index contributed by atoms with van der Waals surface area (Å²) in [7, 11) is 0. The third-order valence-electron chi connectivity index (χ3n) is 3.62. The highest BCUT2D eigenvalue weighted by Crippen LogP contribution is 2.27. The van der Waals surface area contributed by atoms with Gasteiger partial charge in [-0.25, -0.2) is 10.2 Å². The summed E-state index contributed by atoms with van der Waals surface area (Å²) >= 11 is 0. The Labute approximate surface area is 106 Å². The van der Waals surface area contributed by atoms with Gasteiger partial charge in [0, 0.05) is 25.8 Å². The molecule has 0 aliphatic carbocycles. The van der Waals surface area contributed by atoms with Gasteiger partial charge in [-0.3, -0.25) is 4.99 Å². The molecule has 3 aliphatic heterocycles. The molecule has 1 saturated heterocycles. The van der Waals surface area contributed by atoms with Gasteiger partial charge in [0.15, 0.2) is 0 Å². The SMILES string of the molecule is NC(=O)N1CCC2NN3CC/C=C\N=CC3=C2C1. The molecule has 1 atom stereocenters. The van der Waals surface area contributed by atoms with E-state index in [1.807, 2.05) is 12.4 Å². The van der Waals surface area contributed by atoms with E-state index >= 15 is 0 Å². The number of fused-ring (bicyclic) bond motifs is 2. The average molecular weight is 247 g/mol. The number of allylic oxidation sites excluding steroid dienone is 1. The maximum absolute atomic E-state index is 11.3. The van der Waals surface area contributed by atoms with E-state index in [0.717, 1.165) is 25.1 Å². The third kappa shape index (κ3) is 1.88. The maximum Gasteiger partial charge on any atom is 0.315 e. The fourth-order valence-corrected chi connectivity index (χ4v) is 2.67. The quantitative estimate of drug-likeness (QED) is 0.642. The van der Waals surface area contributed by atoms with Gasteiger partial charge in [-0.15, -0.1) is 0 Å². The fraction of sp³-hybridized carbons (Fsp3) is 0.500. The van der Waals surface area contributed by atoms with Crippen molar-refractivity contribution >= 4 is 12.2 Å². The molecule has 0 bridgehead atoms. The summed E-state index contributed by atoms with van der Waals surface area (Å²) in [5, 5.41) is 2.14. The van der Waals surface area contributed by atoms with Crippen molar-refractivity contribution in [1.82, 2.24) is 15.3 Å². The molecule has 0 aromatic heterocycles. The molecule has 0 aromatic carbocycles. The Kier molecular flexibility index (Phi) is 2.79. The number of amides is 2. The number of hydrogen-bond donors (Lipinski definition) is 2. The van der Waals surface area contributed by atoms with Crippen molar-refractivity contribution in [2.45, 2.75) is 18.9 Å². The van der Waals surface area contributed by atoms with Crippen molar-refractivity contribution in [1.29, 1.82) is 0 Å². The Morgan fingerprint density at radius 1 is 1.50 bits per heavy atom. The number of hydrogen-bond acceptors (Lipinski definition) is 4. The number of carbonyl (C=O) groups is 1. The second-order valence-electron chi connectivity index (χ2n) is 4.74. The van der Waals surface area contributed by atoms with E-state index in [1.165, 1.54) is 5.57 Å². The standard InChI is InChI=1S/C12H17N5O/c13-12(18)16-6-3-10-9(8-16)11-7-14-4-1-2-5-17(11)15-10/h1,4,7,10,15H,2-3,5-6,8H2,(H2,13,18)/b4-1-,14-7?. The first-order chi connectivity index (χ1) is 8.75. The van der Waals surface area contributed by atoms with Crippen molar-refractivity contribution in [3.05, 3.63) is 23.5 Å². The zero-order valence-electron chi connectivity index (χ0n) is 10.2. The second kappa shape index (κ2) is 4.45. The van der Waals surface area contributed by atoms with Gasteiger partial charge >= 0.3 is 6.03 Å². The van der Waals surface area contributed by atoms with Gasteiger partial charge in [-0.05, 0) is 18.4 Å². The van der Waals surface area contributed by atoms with Gasteiger partial charge < -0.3 is 15.6 Å². The monoisotopic (exact) mass is 247 g/mol. The third-order valence-corrected chi connectivity index (χ3v) is 3.62. The molecule has 3 rings (SSSR count). The van der Waals surface area contributed by atoms with Crippen LogP contribution in [0.5, 0.6) is 0 Å². The van der Waals surface area contributed by atoms with Gasteiger partial charge in [0.25, 0.3) is 0 Å². The molecule has 96 valence electrons. The summed E-state index contributed by atoms with van der Waals surface area (Å²) in [6.45, 7) is 2.25. The zero-order chi connectivity index (χ0) is 12.5. The molecule has 0 saturated carbocycles. The lowest BCUT2D eigenvalue weighted by Crippen LogP contribution is -2.47. The van der Waals surface area contributed by atoms with Gasteiger partial charge in [0.05, 0.1) is 18.0 Å². The lowest BCUT2D eigenvalue weighted by molar-refractivity contribution is 0.195. The normalized spacial score (nSPS) is 28.6. The summed E-state index contributed by atoms with van der Waals surface area (Å²) in [4.78, 5) is 17.2. The number of hydrazine groups is 1. The van der Waals surface area contributed by atoms with Crippen LogP contribution in [0.2, 0.25) is 0 Å². The van der Waals surface area contributed by atoms with E-state index in [2.05, 4.69) is 21.5 Å². The average Bonchev–Trinajstić information content (AvgIpc) is 2.65. The molecule has 6 heteroatoms. The highest BCUT2D eigenvalue weighted by Gasteiger charge is 2.35. The topological polar surface area (TPSA) is 74.0 Å². The van der Waals surface area contributed by atoms with Crippen LogP contribution < -0.4 is 11.2 Å². The van der Waals surface area contributed by atoms with E-state index in [1.54, 1.807) is 4.90 Å². The van der Waals surface area contributed by atoms with Gasteiger partial charge in [-0.2, -0.15) is 0 Å². The van der Waals surface area contributed by atoms with Crippen molar-refractivity contribution in [2.75, 3.05) is 19.6 Å². The Morgan fingerprint density at radius 2 is 2.39 bits per heavy atom. The van der Waals surface area contributed by atoms with Crippen molar-refractivity contribution in [3.8, 4) is 0 Å². The van der Waals surface area contributed by atoms with Crippen LogP contribution in [0.3, 0.4) is 0 Å². The molecule has 0 radical (unpaired) electrons. The number of rotatable bonds is 0. The molecule has 6 nitrogen and oxygen atoms in total. The number of likely N-dealkylation sites (tertiary alicyclic amines) is 1. The largest absolute Gasteiger partial charge is 0.351 e. The molecule has 2 amide bonds. The Balaban J connectivity index is 1.90. The molecule has 3 aliphatic rings. The van der Waals surface area contributed by atoms with E-state index in [0.29, 0.717) is 19.1 Å². The van der Waals surface area contributed by atoms with E-state index in [4.69, 9.17) is 5.73 Å². The number of nitrogens with two attached hydrogens (primary N) is 1. The molecule has 1 fully saturated rings. The predicted octanol–water partition coefficient (Wildman–Crippen LogP) is 0.202. The second-order valence-corrected chi connectivity index (χ2v) is 4.74. The Morgan fingerprint density at radius 3 is 3.22 bits per heavy atom. The summed E-state index contributed by atoms with van der Waals surface area (Å²) in [5.74, 6) is 0. The first-order valence-corrected chi connectivity index (χ1v) is 6.25. The van der Waals surface area contributed by atoms with E-state index in [9.17, 15) is 4.79 Å². The van der Waals surface area contributed by atoms with Gasteiger partial charge in [0.1, 0.15) is 0 Å². The molecular formula is C12H17N5O. The molecule has 1 unspecified atom stereocenters. The van der Waals surface area contributed by atoms with E-state index < -0.39 is 0 Å². The number of primary amides is 1. The smallest absolute Gasteiger partial charge is 0.315 e. The van der Waals surface area contributed by atoms with Crippen LogP contribution in [-0.2, 0) is 0 Å². The van der Waals surface area contributed by atoms with Crippen molar-refractivity contribution < 1.29 is 4.79 Å². The molecule has 0 aromatic rings. The van der Waals surface area contributed by atoms with Gasteiger partial charge in [-0.1, -0.05) is 6.08 Å². The Hall–Kier alpha value is -1.82. The first-order valence-electron chi connectivity index (χ1n) is 6.25. The highest BCUT2D eigenvalue weighted by atomic mass is 16.2. The molecule has 0 spiro atoms. The lowest BCUT2D eigenvalue weighted by Gasteiger charge is -2.30. The van der Waals surface area contributed by atoms with Crippen LogP contribution in [0, 0.1) is 0 Å². The number of urea groups is 1. The minimum atomic E-state index is -0.345. The number of aliphatic imine (C=N–C) groups is 1. The van der Waals surface area contributed by atoms with Crippen LogP contribution >= 0.6 is 0 Å². The number of carbonyl (C=O) groups excluding carboxylic acids is 1. The van der Waals surface area contributed by atoms with Crippen LogP contribution in [-0.4, -0.2) is 47.8 Å². The van der Waals surface area contributed by atoms with E-state index in [-0.39, 0.29) is 6.03 Å². The summed E-state index contributed by atoms with van der Waals surface area (Å²) in [6, 6.07) is -0.0252. The fourth-order valence-electron chi connectivity index (χ4n) is 2.67. The van der Waals surface area contributed by atoms with Crippen LogP contribution in [0.1, 0.15) is 12.8 Å². The number of nitrogens with one attached hydrogen (secondary N) is 1. The summed E-state index contributed by atoms with van der Waals surface area (Å²) in [5.41, 5.74) is 11.2. The van der Waals surface area contributed by atoms with Crippen LogP contribution in [0.15, 0.2) is 28.5 Å². The molecular weight excluding hydrogens is 230 g/mol. The minimum absolute atomic E-state index is 0.320. The first kappa shape index (κ1) is 11.3. The van der Waals surface area contributed by atoms with Gasteiger partial charge in [0.2, 0.25) is 0 Å². The van der Waals surface area contributed by atoms with Crippen molar-refractivity contribution in [3.63, 3.8) is 0 Å². The van der Waals surface area contributed by atoms with Crippen molar-refractivity contribution in [2.24, 2.45) is 10.7 Å². The number of nitrogens with zero attached hydrogens (tertiary/aromatic N) is 3. The maximum atomic E-state index is 11.3. The summed E-state index contributed by atoms with van der Waals surface area (Å²) in [6.07, 6.45) is 7.61. The zero-order valence-corrected chi connectivity index (χ0v) is 10.2. The minimum Gasteiger partial charge on any atom is -0.351 e. The van der Waals surface area contributed by atoms with Crippen LogP contribution in [0.25, 0.3) is 0 Å². The Bertz CT molecular complexity index is 453. The lowest BCUT2D eigenvalue weighted by atomic mass is 9.99. The molecule has 3 heterocycles. The predicted molar refractivity (Wildman–Crippen MR) is 68.7 cm³/mol. The summed E-state index contributed by atoms with van der Waals surface area (Å²) < 4.78 is 0. The molecule has 18 heavy (non-hydrogen) atoms. The van der Waals surface area contributed by atoms with Crippen LogP contribution in [0.4, 0.5) is 4.79 Å². The highest BCUT2D eigenvalue weighted by molar-refractivity contribution is 5.81.